The second-order valence-electron chi connectivity index (χ2n) is 7.62. The molecule has 0 saturated heterocycles. The molecule has 0 aliphatic heterocycles. The van der Waals surface area contributed by atoms with Gasteiger partial charge in [0.2, 0.25) is 5.91 Å². The minimum Gasteiger partial charge on any atom is -0.357 e. The van der Waals surface area contributed by atoms with Crippen LogP contribution in [-0.4, -0.2) is 24.4 Å². The largest absolute Gasteiger partial charge is 0.357 e. The Morgan fingerprint density at radius 2 is 1.26 bits per heavy atom. The summed E-state index contributed by atoms with van der Waals surface area (Å²) in [6.45, 7) is 5.43. The number of carbonyl (C=O) groups excluding carboxylic acids is 2. The number of likely N-dealkylation sites (N-methyl/N-ethyl adjacent to an activating group) is 1. The molecule has 3 rings (SSSR count). The summed E-state index contributed by atoms with van der Waals surface area (Å²) in [5, 5.41) is 5.53. The van der Waals surface area contributed by atoms with Gasteiger partial charge in [0.25, 0.3) is 5.91 Å². The lowest BCUT2D eigenvalue weighted by molar-refractivity contribution is -0.125. The Labute approximate surface area is 192 Å². The highest BCUT2D eigenvalue weighted by atomic mass is 32.2. The van der Waals surface area contributed by atoms with Crippen LogP contribution in [0.1, 0.15) is 29.8 Å². The number of hydrogen-bond acceptors (Lipinski definition) is 4. The fraction of sp³-hybridized carbons (Fsp3) is 0.200. The third-order valence-corrected chi connectivity index (χ3v) is 6.70. The molecular formula is C25H26N2O2S2. The van der Waals surface area contributed by atoms with Gasteiger partial charge in [-0.05, 0) is 62.7 Å². The summed E-state index contributed by atoms with van der Waals surface area (Å²) in [7, 11) is 1.56. The van der Waals surface area contributed by atoms with Gasteiger partial charge in [-0.1, -0.05) is 59.9 Å². The zero-order valence-corrected chi connectivity index (χ0v) is 19.7. The first-order valence-corrected chi connectivity index (χ1v) is 11.6. The van der Waals surface area contributed by atoms with Gasteiger partial charge in [0, 0.05) is 26.6 Å². The van der Waals surface area contributed by atoms with Gasteiger partial charge >= 0.3 is 0 Å². The number of nitrogens with one attached hydrogen (secondary N) is 2. The fourth-order valence-electron chi connectivity index (χ4n) is 3.05. The van der Waals surface area contributed by atoms with Crippen molar-refractivity contribution in [3.05, 3.63) is 83.9 Å². The first-order valence-electron chi connectivity index (χ1n) is 9.95. The Morgan fingerprint density at radius 1 is 0.806 bits per heavy atom. The SMILES string of the molecule is CNC(=O)C(C)(C)NC(=O)c1c(Sc2ccccc2)cc(C)cc1Sc1ccccc1. The first kappa shape index (κ1) is 23.0. The van der Waals surface area contributed by atoms with E-state index in [1.165, 1.54) is 0 Å². The predicted molar refractivity (Wildman–Crippen MR) is 128 cm³/mol. The van der Waals surface area contributed by atoms with E-state index in [4.69, 9.17) is 0 Å². The molecule has 0 aliphatic rings. The monoisotopic (exact) mass is 450 g/mol. The van der Waals surface area contributed by atoms with E-state index in [-0.39, 0.29) is 11.8 Å². The summed E-state index contributed by atoms with van der Waals surface area (Å²) in [6, 6.07) is 24.0. The second kappa shape index (κ2) is 10.1. The maximum atomic E-state index is 13.5. The van der Waals surface area contributed by atoms with Crippen LogP contribution in [0, 0.1) is 6.92 Å². The third kappa shape index (κ3) is 5.93. The van der Waals surface area contributed by atoms with Gasteiger partial charge in [-0.2, -0.15) is 0 Å². The minimum atomic E-state index is -1.04. The van der Waals surface area contributed by atoms with Crippen molar-refractivity contribution in [3.8, 4) is 0 Å². The van der Waals surface area contributed by atoms with Crippen LogP contribution in [0.5, 0.6) is 0 Å². The Kier molecular flexibility index (Phi) is 7.46. The van der Waals surface area contributed by atoms with Crippen molar-refractivity contribution in [1.82, 2.24) is 10.6 Å². The minimum absolute atomic E-state index is 0.248. The molecule has 160 valence electrons. The molecule has 3 aromatic carbocycles. The lowest BCUT2D eigenvalue weighted by Crippen LogP contribution is -2.54. The van der Waals surface area contributed by atoms with Crippen LogP contribution in [0.3, 0.4) is 0 Å². The van der Waals surface area contributed by atoms with E-state index in [0.29, 0.717) is 5.56 Å². The third-order valence-electron chi connectivity index (χ3n) is 4.60. The van der Waals surface area contributed by atoms with Gasteiger partial charge in [0.15, 0.2) is 0 Å². The molecular weight excluding hydrogens is 424 g/mol. The zero-order valence-electron chi connectivity index (χ0n) is 18.1. The van der Waals surface area contributed by atoms with E-state index < -0.39 is 5.54 Å². The van der Waals surface area contributed by atoms with Gasteiger partial charge in [0.1, 0.15) is 5.54 Å². The van der Waals surface area contributed by atoms with E-state index in [1.807, 2.05) is 79.7 Å². The molecule has 0 aliphatic carbocycles. The maximum absolute atomic E-state index is 13.5. The molecule has 0 spiro atoms. The van der Waals surface area contributed by atoms with Crippen LogP contribution in [0.4, 0.5) is 0 Å². The number of benzene rings is 3. The first-order chi connectivity index (χ1) is 14.8. The number of aryl methyl sites for hydroxylation is 1. The number of carbonyl (C=O) groups is 2. The molecule has 2 N–H and O–H groups in total. The molecule has 0 aromatic heterocycles. The Bertz CT molecular complexity index is 1000. The normalized spacial score (nSPS) is 11.1. The van der Waals surface area contributed by atoms with Crippen LogP contribution in [0.15, 0.2) is 92.4 Å². The van der Waals surface area contributed by atoms with Crippen LogP contribution in [0.2, 0.25) is 0 Å². The molecule has 0 heterocycles. The van der Waals surface area contributed by atoms with Gasteiger partial charge in [-0.25, -0.2) is 0 Å². The Morgan fingerprint density at radius 3 is 1.68 bits per heavy atom. The standard InChI is InChI=1S/C25H26N2O2S2/c1-17-15-20(30-18-11-7-5-8-12-18)22(23(28)27-25(2,3)24(29)26-4)21(16-17)31-19-13-9-6-10-14-19/h5-16H,1-4H3,(H,26,29)(H,27,28). The van der Waals surface area contributed by atoms with Crippen molar-refractivity contribution in [3.63, 3.8) is 0 Å². The van der Waals surface area contributed by atoms with Crippen molar-refractivity contribution in [1.29, 1.82) is 0 Å². The molecule has 0 fully saturated rings. The van der Waals surface area contributed by atoms with Crippen molar-refractivity contribution in [2.24, 2.45) is 0 Å². The number of amides is 2. The van der Waals surface area contributed by atoms with Crippen LogP contribution in [0.25, 0.3) is 0 Å². The van der Waals surface area contributed by atoms with E-state index in [1.54, 1.807) is 44.4 Å². The highest BCUT2D eigenvalue weighted by molar-refractivity contribution is 8.00. The number of rotatable bonds is 7. The Hall–Kier alpha value is -2.70. The van der Waals surface area contributed by atoms with Crippen molar-refractivity contribution in [2.75, 3.05) is 7.05 Å². The molecule has 2 amide bonds. The van der Waals surface area contributed by atoms with Crippen molar-refractivity contribution >= 4 is 35.3 Å². The average molecular weight is 451 g/mol. The maximum Gasteiger partial charge on any atom is 0.254 e. The van der Waals surface area contributed by atoms with E-state index >= 15 is 0 Å². The second-order valence-corrected chi connectivity index (χ2v) is 9.86. The summed E-state index contributed by atoms with van der Waals surface area (Å²) >= 11 is 3.09. The molecule has 4 nitrogen and oxygen atoms in total. The smallest absolute Gasteiger partial charge is 0.254 e. The van der Waals surface area contributed by atoms with Crippen LogP contribution >= 0.6 is 23.5 Å². The highest BCUT2D eigenvalue weighted by Crippen LogP contribution is 2.39. The van der Waals surface area contributed by atoms with Crippen LogP contribution < -0.4 is 10.6 Å². The molecule has 0 unspecified atom stereocenters. The molecule has 31 heavy (non-hydrogen) atoms. The molecule has 3 aromatic rings. The number of hydrogen-bond donors (Lipinski definition) is 2. The van der Waals surface area contributed by atoms with Crippen molar-refractivity contribution in [2.45, 2.75) is 45.9 Å². The predicted octanol–water partition coefficient (Wildman–Crippen LogP) is 5.55. The molecule has 6 heteroatoms. The summed E-state index contributed by atoms with van der Waals surface area (Å²) < 4.78 is 0. The zero-order chi connectivity index (χ0) is 22.4. The lowest BCUT2D eigenvalue weighted by Gasteiger charge is -2.25. The summed E-state index contributed by atoms with van der Waals surface area (Å²) in [5.41, 5.74) is 0.601. The van der Waals surface area contributed by atoms with E-state index in [9.17, 15) is 9.59 Å². The van der Waals surface area contributed by atoms with Crippen LogP contribution in [-0.2, 0) is 4.79 Å². The highest BCUT2D eigenvalue weighted by Gasteiger charge is 2.31. The summed E-state index contributed by atoms with van der Waals surface area (Å²) in [6.07, 6.45) is 0. The quantitative estimate of drug-likeness (QED) is 0.495. The molecule has 0 saturated carbocycles. The molecule has 0 radical (unpaired) electrons. The topological polar surface area (TPSA) is 58.2 Å². The van der Waals surface area contributed by atoms with Gasteiger partial charge in [-0.3, -0.25) is 9.59 Å². The van der Waals surface area contributed by atoms with Gasteiger partial charge < -0.3 is 10.6 Å². The molecule has 0 atom stereocenters. The Balaban J connectivity index is 2.07. The van der Waals surface area contributed by atoms with Gasteiger partial charge in [-0.15, -0.1) is 0 Å². The fourth-order valence-corrected chi connectivity index (χ4v) is 5.31. The van der Waals surface area contributed by atoms with Crippen molar-refractivity contribution < 1.29 is 9.59 Å². The average Bonchev–Trinajstić information content (AvgIpc) is 2.74. The van der Waals surface area contributed by atoms with E-state index in [2.05, 4.69) is 10.6 Å². The van der Waals surface area contributed by atoms with Gasteiger partial charge in [0.05, 0.1) is 5.56 Å². The molecule has 0 bridgehead atoms. The lowest BCUT2D eigenvalue weighted by atomic mass is 10.0. The summed E-state index contributed by atoms with van der Waals surface area (Å²) in [5.74, 6) is -0.520. The summed E-state index contributed by atoms with van der Waals surface area (Å²) in [4.78, 5) is 29.6. The van der Waals surface area contributed by atoms with E-state index in [0.717, 1.165) is 25.1 Å².